The predicted octanol–water partition coefficient (Wildman–Crippen LogP) is 3.51. The van der Waals surface area contributed by atoms with Gasteiger partial charge in [0, 0.05) is 0 Å². The van der Waals surface area contributed by atoms with Crippen LogP contribution in [0.1, 0.15) is 18.4 Å². The molecule has 2 aromatic rings. The van der Waals surface area contributed by atoms with Gasteiger partial charge in [-0.1, -0.05) is 18.2 Å². The van der Waals surface area contributed by atoms with Gasteiger partial charge in [0.2, 0.25) is 5.91 Å². The van der Waals surface area contributed by atoms with Crippen molar-refractivity contribution < 1.29 is 18.7 Å². The lowest BCUT2D eigenvalue weighted by Gasteiger charge is -2.18. The molecular weight excluding hydrogens is 297 g/mol. The minimum absolute atomic E-state index is 0.198. The van der Waals surface area contributed by atoms with Crippen LogP contribution in [0.5, 0.6) is 11.5 Å². The Labute approximate surface area is 134 Å². The summed E-state index contributed by atoms with van der Waals surface area (Å²) in [5.74, 6) is 0.551. The van der Waals surface area contributed by atoms with Crippen molar-refractivity contribution in [3.8, 4) is 11.5 Å². The standard InChI is InChI=1S/C18H18FNO3/c1-22-15-8-7-12(11-16(15)23-2)18(9-10-18)17(21)20-14-6-4-3-5-13(14)19/h3-8,11H,9-10H2,1-2H3,(H,20,21). The molecule has 0 unspecified atom stereocenters. The van der Waals surface area contributed by atoms with E-state index >= 15 is 0 Å². The van der Waals surface area contributed by atoms with E-state index in [0.29, 0.717) is 11.5 Å². The number of amides is 1. The lowest BCUT2D eigenvalue weighted by Crippen LogP contribution is -2.28. The maximum Gasteiger partial charge on any atom is 0.235 e. The lowest BCUT2D eigenvalue weighted by atomic mass is 9.94. The first-order valence-electron chi connectivity index (χ1n) is 7.39. The van der Waals surface area contributed by atoms with Gasteiger partial charge in [0.25, 0.3) is 0 Å². The van der Waals surface area contributed by atoms with Gasteiger partial charge in [0.15, 0.2) is 11.5 Å². The Kier molecular flexibility index (Phi) is 3.94. The maximum atomic E-state index is 13.7. The molecule has 1 amide bonds. The van der Waals surface area contributed by atoms with Crippen molar-refractivity contribution in [2.75, 3.05) is 19.5 Å². The van der Waals surface area contributed by atoms with Crippen molar-refractivity contribution in [1.82, 2.24) is 0 Å². The highest BCUT2D eigenvalue weighted by molar-refractivity contribution is 6.01. The van der Waals surface area contributed by atoms with Gasteiger partial charge >= 0.3 is 0 Å². The van der Waals surface area contributed by atoms with E-state index in [-0.39, 0.29) is 11.6 Å². The molecule has 0 atom stereocenters. The molecular formula is C18H18FNO3. The highest BCUT2D eigenvalue weighted by Gasteiger charge is 2.51. The average Bonchev–Trinajstić information content (AvgIpc) is 3.38. The SMILES string of the molecule is COc1ccc(C2(C(=O)Nc3ccccc3F)CC2)cc1OC. The molecule has 1 saturated carbocycles. The highest BCUT2D eigenvalue weighted by atomic mass is 19.1. The summed E-state index contributed by atoms with van der Waals surface area (Å²) in [6.07, 6.45) is 1.45. The number of rotatable bonds is 5. The molecule has 0 radical (unpaired) electrons. The Morgan fingerprint density at radius 1 is 1.09 bits per heavy atom. The molecule has 1 fully saturated rings. The fourth-order valence-corrected chi connectivity index (χ4v) is 2.71. The Bertz CT molecular complexity index is 741. The second-order valence-corrected chi connectivity index (χ2v) is 5.59. The number of benzene rings is 2. The van der Waals surface area contributed by atoms with Gasteiger partial charge in [0.05, 0.1) is 25.3 Å². The van der Waals surface area contributed by atoms with E-state index in [1.165, 1.54) is 6.07 Å². The third-order valence-electron chi connectivity index (χ3n) is 4.24. The number of para-hydroxylation sites is 1. The van der Waals surface area contributed by atoms with Crippen molar-refractivity contribution >= 4 is 11.6 Å². The first kappa shape index (κ1) is 15.3. The molecule has 0 spiro atoms. The van der Waals surface area contributed by atoms with Crippen molar-refractivity contribution in [3.63, 3.8) is 0 Å². The number of hydrogen-bond acceptors (Lipinski definition) is 3. The van der Waals surface area contributed by atoms with E-state index in [2.05, 4.69) is 5.32 Å². The Balaban J connectivity index is 1.87. The largest absolute Gasteiger partial charge is 0.493 e. The zero-order valence-corrected chi connectivity index (χ0v) is 13.1. The summed E-state index contributed by atoms with van der Waals surface area (Å²) in [6, 6.07) is 11.6. The molecule has 1 aliphatic carbocycles. The number of carbonyl (C=O) groups is 1. The summed E-state index contributed by atoms with van der Waals surface area (Å²) < 4.78 is 24.2. The van der Waals surface area contributed by atoms with Gasteiger partial charge in [-0.3, -0.25) is 4.79 Å². The van der Waals surface area contributed by atoms with Crippen LogP contribution in [0.15, 0.2) is 42.5 Å². The van der Waals surface area contributed by atoms with Crippen LogP contribution in [0.2, 0.25) is 0 Å². The highest BCUT2D eigenvalue weighted by Crippen LogP contribution is 2.50. The summed E-state index contributed by atoms with van der Waals surface area (Å²) in [5.41, 5.74) is 0.426. The Morgan fingerprint density at radius 3 is 2.39 bits per heavy atom. The number of hydrogen-bond donors (Lipinski definition) is 1. The van der Waals surface area contributed by atoms with Crippen LogP contribution >= 0.6 is 0 Å². The van der Waals surface area contributed by atoms with Gasteiger partial charge in [0.1, 0.15) is 5.82 Å². The number of methoxy groups -OCH3 is 2. The second-order valence-electron chi connectivity index (χ2n) is 5.59. The normalized spacial score (nSPS) is 14.9. The first-order valence-corrected chi connectivity index (χ1v) is 7.39. The van der Waals surface area contributed by atoms with Crippen molar-refractivity contribution in [1.29, 1.82) is 0 Å². The number of anilines is 1. The molecule has 23 heavy (non-hydrogen) atoms. The molecule has 3 rings (SSSR count). The van der Waals surface area contributed by atoms with Crippen LogP contribution in [-0.2, 0) is 10.2 Å². The van der Waals surface area contributed by atoms with Gasteiger partial charge in [-0.05, 0) is 42.7 Å². The van der Waals surface area contributed by atoms with Crippen LogP contribution in [-0.4, -0.2) is 20.1 Å². The third-order valence-corrected chi connectivity index (χ3v) is 4.24. The predicted molar refractivity (Wildman–Crippen MR) is 85.5 cm³/mol. The van der Waals surface area contributed by atoms with Crippen LogP contribution < -0.4 is 14.8 Å². The van der Waals surface area contributed by atoms with E-state index in [1.54, 1.807) is 38.5 Å². The van der Waals surface area contributed by atoms with Gasteiger partial charge in [-0.2, -0.15) is 0 Å². The minimum Gasteiger partial charge on any atom is -0.493 e. The van der Waals surface area contributed by atoms with Crippen LogP contribution in [0, 0.1) is 5.82 Å². The maximum absolute atomic E-state index is 13.7. The molecule has 0 aliphatic heterocycles. The van der Waals surface area contributed by atoms with E-state index in [0.717, 1.165) is 18.4 Å². The molecule has 1 N–H and O–H groups in total. The Hall–Kier alpha value is -2.56. The minimum atomic E-state index is -0.623. The summed E-state index contributed by atoms with van der Waals surface area (Å²) in [4.78, 5) is 12.7. The summed E-state index contributed by atoms with van der Waals surface area (Å²) in [7, 11) is 3.12. The summed E-state index contributed by atoms with van der Waals surface area (Å²) >= 11 is 0. The van der Waals surface area contributed by atoms with Crippen LogP contribution in [0.3, 0.4) is 0 Å². The first-order chi connectivity index (χ1) is 11.1. The van der Waals surface area contributed by atoms with Gasteiger partial charge in [-0.15, -0.1) is 0 Å². The molecule has 5 heteroatoms. The number of ether oxygens (including phenoxy) is 2. The molecule has 2 aromatic carbocycles. The van der Waals surface area contributed by atoms with Crippen molar-refractivity contribution in [2.24, 2.45) is 0 Å². The molecule has 4 nitrogen and oxygen atoms in total. The second kappa shape index (κ2) is 5.91. The van der Waals surface area contributed by atoms with Crippen molar-refractivity contribution in [2.45, 2.75) is 18.3 Å². The molecule has 120 valence electrons. The van der Waals surface area contributed by atoms with E-state index < -0.39 is 11.2 Å². The molecule has 0 saturated heterocycles. The zero-order valence-electron chi connectivity index (χ0n) is 13.1. The topological polar surface area (TPSA) is 47.6 Å². The molecule has 0 bridgehead atoms. The number of halogens is 1. The number of carbonyl (C=O) groups excluding carboxylic acids is 1. The van der Waals surface area contributed by atoms with Crippen LogP contribution in [0.4, 0.5) is 10.1 Å². The quantitative estimate of drug-likeness (QED) is 0.918. The molecule has 0 heterocycles. The zero-order chi connectivity index (χ0) is 16.4. The lowest BCUT2D eigenvalue weighted by molar-refractivity contribution is -0.118. The monoisotopic (exact) mass is 315 g/mol. The van der Waals surface area contributed by atoms with Crippen LogP contribution in [0.25, 0.3) is 0 Å². The van der Waals surface area contributed by atoms with E-state index in [4.69, 9.17) is 9.47 Å². The number of nitrogens with one attached hydrogen (secondary N) is 1. The molecule has 0 aromatic heterocycles. The van der Waals surface area contributed by atoms with Gasteiger partial charge in [-0.25, -0.2) is 4.39 Å². The summed E-state index contributed by atoms with van der Waals surface area (Å²) in [5, 5.41) is 2.69. The van der Waals surface area contributed by atoms with Crippen molar-refractivity contribution in [3.05, 3.63) is 53.8 Å². The third kappa shape index (κ3) is 2.74. The van der Waals surface area contributed by atoms with E-state index in [9.17, 15) is 9.18 Å². The smallest absolute Gasteiger partial charge is 0.235 e. The fourth-order valence-electron chi connectivity index (χ4n) is 2.71. The summed E-state index contributed by atoms with van der Waals surface area (Å²) in [6.45, 7) is 0. The van der Waals surface area contributed by atoms with Gasteiger partial charge < -0.3 is 14.8 Å². The fraction of sp³-hybridized carbons (Fsp3) is 0.278. The van der Waals surface area contributed by atoms with E-state index in [1.807, 2.05) is 12.1 Å². The average molecular weight is 315 g/mol. The Morgan fingerprint density at radius 2 is 1.78 bits per heavy atom. The molecule has 1 aliphatic rings.